The molecule has 0 aromatic rings. The normalized spacial score (nSPS) is 26.4. The summed E-state index contributed by atoms with van der Waals surface area (Å²) in [6.07, 6.45) is -32.7. The van der Waals surface area contributed by atoms with Crippen LogP contribution in [-0.2, 0) is 28.6 Å². The Morgan fingerprint density at radius 1 is 0.605 bits per heavy atom. The van der Waals surface area contributed by atoms with E-state index in [2.05, 4.69) is 43.4 Å². The summed E-state index contributed by atoms with van der Waals surface area (Å²) < 4.78 is 229. The minimum Gasteiger partial charge on any atom is -0.414 e. The van der Waals surface area contributed by atoms with Crippen molar-refractivity contribution >= 4 is 0 Å². The predicted octanol–water partition coefficient (Wildman–Crippen LogP) is 7.18. The highest BCUT2D eigenvalue weighted by molar-refractivity contribution is 5.06. The molecule has 0 amide bonds. The van der Waals surface area contributed by atoms with Gasteiger partial charge in [0, 0.05) is 0 Å². The lowest BCUT2D eigenvalue weighted by molar-refractivity contribution is -0.476. The van der Waals surface area contributed by atoms with E-state index in [0.29, 0.717) is 0 Å². The van der Waals surface area contributed by atoms with Gasteiger partial charge in [0.05, 0.1) is 0 Å². The van der Waals surface area contributed by atoms with Crippen molar-refractivity contribution in [1.29, 1.82) is 0 Å². The SMILES string of the molecule is C=C(F)OC(F)(F)C(F)(F)OF.C=C1OC(F)(C(F)(F)F)C(F)(C(F)(F)F)O1.C=C1OC(F)(F)C(F)(F)O1. The molecule has 0 spiro atoms. The molecule has 2 atom stereocenters. The molecule has 6 nitrogen and oxygen atoms in total. The fourth-order valence-corrected chi connectivity index (χ4v) is 1.62. The maximum atomic E-state index is 13.0. The van der Waals surface area contributed by atoms with Crippen LogP contribution in [0.1, 0.15) is 0 Å². The van der Waals surface area contributed by atoms with Gasteiger partial charge in [0.25, 0.3) is 17.9 Å². The first-order valence-corrected chi connectivity index (χ1v) is 7.92. The zero-order valence-corrected chi connectivity index (χ0v) is 16.9. The zero-order chi connectivity index (χ0) is 31.0. The van der Waals surface area contributed by atoms with Gasteiger partial charge in [0.2, 0.25) is 0 Å². The summed E-state index contributed by atoms with van der Waals surface area (Å²) in [7, 11) is 0. The molecule has 0 aromatic heterocycles. The molecule has 0 radical (unpaired) electrons. The van der Waals surface area contributed by atoms with Crippen LogP contribution in [0.25, 0.3) is 0 Å². The van der Waals surface area contributed by atoms with Crippen molar-refractivity contribution in [3.63, 3.8) is 0 Å². The third-order valence-electron chi connectivity index (χ3n) is 3.15. The monoisotopic (exact) mass is 612 g/mol. The van der Waals surface area contributed by atoms with Gasteiger partial charge in [-0.2, -0.15) is 74.6 Å². The number of alkyl halides is 16. The topological polar surface area (TPSA) is 55.4 Å². The van der Waals surface area contributed by atoms with E-state index in [1.165, 1.54) is 0 Å². The summed E-state index contributed by atoms with van der Waals surface area (Å²) in [6, 6.07) is -2.18. The first-order valence-electron chi connectivity index (χ1n) is 7.92. The molecule has 0 saturated carbocycles. The van der Waals surface area contributed by atoms with Crippen molar-refractivity contribution in [2.24, 2.45) is 0 Å². The van der Waals surface area contributed by atoms with E-state index in [1.807, 2.05) is 0 Å². The molecular weight excluding hydrogens is 606 g/mol. The Balaban J connectivity index is 0.000000558. The van der Waals surface area contributed by atoms with E-state index in [4.69, 9.17) is 0 Å². The van der Waals surface area contributed by atoms with Crippen LogP contribution >= 0.6 is 0 Å². The highest BCUT2D eigenvalue weighted by Crippen LogP contribution is 2.58. The van der Waals surface area contributed by atoms with E-state index in [9.17, 15) is 79.2 Å². The molecule has 0 N–H and O–H groups in total. The Morgan fingerprint density at radius 3 is 1.08 bits per heavy atom. The number of ether oxygens (including phenoxy) is 5. The Labute approximate surface area is 195 Å². The molecule has 24 heteroatoms. The summed E-state index contributed by atoms with van der Waals surface area (Å²) in [5, 5.41) is 0. The second-order valence-corrected chi connectivity index (χ2v) is 5.94. The Kier molecular flexibility index (Phi) is 9.41. The third kappa shape index (κ3) is 6.86. The summed E-state index contributed by atoms with van der Waals surface area (Å²) in [5.74, 6) is -14.2. The molecule has 2 saturated heterocycles. The van der Waals surface area contributed by atoms with Gasteiger partial charge in [0.1, 0.15) is 0 Å². The fourth-order valence-electron chi connectivity index (χ4n) is 1.62. The molecule has 224 valence electrons. The van der Waals surface area contributed by atoms with E-state index in [-0.39, 0.29) is 0 Å². The molecule has 0 aromatic carbocycles. The molecule has 2 aliphatic heterocycles. The van der Waals surface area contributed by atoms with Crippen molar-refractivity contribution < 1.29 is 108 Å². The highest BCUT2D eigenvalue weighted by Gasteiger charge is 2.88. The Bertz CT molecular complexity index is 849. The molecule has 38 heavy (non-hydrogen) atoms. The van der Waals surface area contributed by atoms with Crippen molar-refractivity contribution in [3.05, 3.63) is 37.6 Å². The maximum Gasteiger partial charge on any atom is 0.509 e. The predicted molar refractivity (Wildman–Crippen MR) is 75.7 cm³/mol. The lowest BCUT2D eigenvalue weighted by atomic mass is 10.1. The summed E-state index contributed by atoms with van der Waals surface area (Å²) in [6.45, 7) is 7.10. The third-order valence-corrected chi connectivity index (χ3v) is 3.15. The number of halogens is 18. The van der Waals surface area contributed by atoms with E-state index < -0.39 is 66.4 Å². The second kappa shape index (κ2) is 10.2. The largest absolute Gasteiger partial charge is 0.509 e. The summed E-state index contributed by atoms with van der Waals surface area (Å²) >= 11 is 0. The molecular formula is C14H6F18O6. The van der Waals surface area contributed by atoms with Crippen molar-refractivity contribution in [1.82, 2.24) is 0 Å². The van der Waals surface area contributed by atoms with E-state index in [0.717, 1.165) is 0 Å². The fraction of sp³-hybridized carbons (Fsp3) is 0.571. The molecule has 2 heterocycles. The van der Waals surface area contributed by atoms with Crippen LogP contribution in [0, 0.1) is 0 Å². The average Bonchev–Trinajstić information content (AvgIpc) is 3.01. The van der Waals surface area contributed by atoms with Crippen LogP contribution in [0.15, 0.2) is 37.6 Å². The Morgan fingerprint density at radius 2 is 0.895 bits per heavy atom. The first kappa shape index (κ1) is 34.9. The number of hydrogen-bond acceptors (Lipinski definition) is 6. The second-order valence-electron chi connectivity index (χ2n) is 5.94. The standard InChI is InChI=1S/C6H2F8O2.C4H2F6O2.C4H2F4O2/c1-2-15-3(7,5(9,10)11)4(8,16-2)6(12,13)14;1-2(5)11-3(6,7)4(8,9)12-10;1-2-9-3(5,6)4(7,8)10-2/h1H2;1H2;1H2. The lowest BCUT2D eigenvalue weighted by Gasteiger charge is -2.30. The molecule has 2 unspecified atom stereocenters. The van der Waals surface area contributed by atoms with Crippen LogP contribution < -0.4 is 0 Å². The number of hydrogen-bond donors (Lipinski definition) is 0. The minimum absolute atomic E-state index is 1.07. The highest BCUT2D eigenvalue weighted by atomic mass is 19.4. The van der Waals surface area contributed by atoms with Crippen LogP contribution in [0.5, 0.6) is 0 Å². The maximum absolute atomic E-state index is 13.0. The summed E-state index contributed by atoms with van der Waals surface area (Å²) in [5.41, 5.74) is 0. The van der Waals surface area contributed by atoms with Crippen molar-refractivity contribution in [3.8, 4) is 0 Å². The van der Waals surface area contributed by atoms with Crippen molar-refractivity contribution in [2.45, 2.75) is 48.5 Å². The van der Waals surface area contributed by atoms with E-state index >= 15 is 0 Å². The van der Waals surface area contributed by atoms with Gasteiger partial charge in [-0.1, -0.05) is 0 Å². The van der Waals surface area contributed by atoms with Gasteiger partial charge in [-0.25, -0.2) is 0 Å². The van der Waals surface area contributed by atoms with Gasteiger partial charge in [0.15, 0.2) is 0 Å². The van der Waals surface area contributed by atoms with Crippen LogP contribution in [-0.4, -0.2) is 48.5 Å². The smallest absolute Gasteiger partial charge is 0.414 e. The van der Waals surface area contributed by atoms with Crippen LogP contribution in [0.2, 0.25) is 0 Å². The molecule has 0 bridgehead atoms. The van der Waals surface area contributed by atoms with Gasteiger partial charge in [-0.3, -0.25) is 0 Å². The first-order chi connectivity index (χ1) is 16.4. The number of rotatable bonds is 4. The lowest BCUT2D eigenvalue weighted by Crippen LogP contribution is -2.62. The van der Waals surface area contributed by atoms with Gasteiger partial charge >= 0.3 is 48.5 Å². The molecule has 0 aliphatic carbocycles. The van der Waals surface area contributed by atoms with E-state index in [1.54, 1.807) is 4.94 Å². The van der Waals surface area contributed by atoms with Crippen LogP contribution in [0.4, 0.5) is 79.2 Å². The van der Waals surface area contributed by atoms with Gasteiger partial charge < -0.3 is 23.7 Å². The summed E-state index contributed by atoms with van der Waals surface area (Å²) in [4.78, 5) is 1.59. The quantitative estimate of drug-likeness (QED) is 0.248. The Hall–Kier alpha value is -3.08. The minimum atomic E-state index is -6.28. The van der Waals surface area contributed by atoms with Crippen LogP contribution in [0.3, 0.4) is 0 Å². The molecule has 2 aliphatic rings. The average molecular weight is 612 g/mol. The molecule has 2 rings (SSSR count). The zero-order valence-electron chi connectivity index (χ0n) is 16.9. The van der Waals surface area contributed by atoms with Gasteiger partial charge in [-0.15, -0.1) is 4.94 Å². The van der Waals surface area contributed by atoms with Crippen molar-refractivity contribution in [2.75, 3.05) is 0 Å². The van der Waals surface area contributed by atoms with Gasteiger partial charge in [-0.05, 0) is 24.3 Å². The molecule has 2 fully saturated rings.